The molecule has 0 saturated carbocycles. The number of hydrogen-bond donors (Lipinski definition) is 2. The first kappa shape index (κ1) is 23.5. The van der Waals surface area contributed by atoms with Gasteiger partial charge in [0.15, 0.2) is 0 Å². The second kappa shape index (κ2) is 9.67. The van der Waals surface area contributed by atoms with Gasteiger partial charge in [0, 0.05) is 21.3 Å². The van der Waals surface area contributed by atoms with Gasteiger partial charge in [0.25, 0.3) is 17.7 Å². The van der Waals surface area contributed by atoms with Gasteiger partial charge in [0.1, 0.15) is 12.6 Å². The van der Waals surface area contributed by atoms with Crippen LogP contribution in [0.1, 0.15) is 37.9 Å². The third-order valence-electron chi connectivity index (χ3n) is 5.42. The minimum absolute atomic E-state index is 0.179. The van der Waals surface area contributed by atoms with Crippen molar-refractivity contribution in [3.05, 3.63) is 99.0 Å². The van der Waals surface area contributed by atoms with Crippen molar-refractivity contribution in [3.63, 3.8) is 0 Å². The molecule has 0 fully saturated rings. The van der Waals surface area contributed by atoms with Crippen molar-refractivity contribution in [3.8, 4) is 0 Å². The van der Waals surface area contributed by atoms with Crippen molar-refractivity contribution in [2.24, 2.45) is 0 Å². The van der Waals surface area contributed by atoms with Crippen molar-refractivity contribution in [2.75, 3.05) is 11.9 Å². The van der Waals surface area contributed by atoms with E-state index in [1.165, 1.54) is 24.3 Å². The normalized spacial score (nSPS) is 13.4. The smallest absolute Gasteiger partial charge is 0.262 e. The van der Waals surface area contributed by atoms with Gasteiger partial charge < -0.3 is 10.6 Å². The van der Waals surface area contributed by atoms with Crippen LogP contribution in [0, 0.1) is 6.92 Å². The number of para-hydroxylation sites is 1. The van der Waals surface area contributed by atoms with E-state index in [0.717, 1.165) is 10.5 Å². The van der Waals surface area contributed by atoms with Crippen molar-refractivity contribution in [1.82, 2.24) is 10.2 Å². The van der Waals surface area contributed by atoms with Gasteiger partial charge in [-0.25, -0.2) is 0 Å². The standard InChI is InChI=1S/C25H19Cl2N3O4/c1-14-6-2-5-9-20(14)28-23(32)22(18-11-10-15(26)12-19(18)27)29-21(31)13-30-24(33)16-7-3-4-8-17(16)25(30)34/h2-12,22H,13H2,1H3,(H,28,32)(H,29,31)/t22-/m1/s1. The maximum atomic E-state index is 13.2. The van der Waals surface area contributed by atoms with Crippen molar-refractivity contribution in [2.45, 2.75) is 13.0 Å². The zero-order chi connectivity index (χ0) is 24.4. The average molecular weight is 496 g/mol. The fraction of sp³-hybridized carbons (Fsp3) is 0.120. The molecule has 0 unspecified atom stereocenters. The summed E-state index contributed by atoms with van der Waals surface area (Å²) in [6, 6.07) is 16.9. The van der Waals surface area contributed by atoms with E-state index in [-0.39, 0.29) is 16.1 Å². The Kier molecular flexibility index (Phi) is 6.68. The number of nitrogens with zero attached hydrogens (tertiary/aromatic N) is 1. The van der Waals surface area contributed by atoms with Crippen LogP contribution in [0.5, 0.6) is 0 Å². The number of hydrogen-bond acceptors (Lipinski definition) is 4. The van der Waals surface area contributed by atoms with Gasteiger partial charge in [-0.1, -0.05) is 59.6 Å². The predicted octanol–water partition coefficient (Wildman–Crippen LogP) is 4.39. The van der Waals surface area contributed by atoms with Crippen molar-refractivity contribution in [1.29, 1.82) is 0 Å². The molecule has 0 saturated heterocycles. The number of carbonyl (C=O) groups is 4. The molecule has 3 aromatic carbocycles. The third-order valence-corrected chi connectivity index (χ3v) is 5.99. The highest BCUT2D eigenvalue weighted by Gasteiger charge is 2.37. The number of anilines is 1. The van der Waals surface area contributed by atoms with Gasteiger partial charge >= 0.3 is 0 Å². The Morgan fingerprint density at radius 3 is 2.15 bits per heavy atom. The van der Waals surface area contributed by atoms with Crippen LogP contribution in [0.3, 0.4) is 0 Å². The van der Waals surface area contributed by atoms with Crippen LogP contribution >= 0.6 is 23.2 Å². The third kappa shape index (κ3) is 4.66. The molecule has 1 atom stereocenters. The molecule has 0 radical (unpaired) electrons. The van der Waals surface area contributed by atoms with Gasteiger partial charge in [-0.15, -0.1) is 0 Å². The second-order valence-electron chi connectivity index (χ2n) is 7.71. The Bertz CT molecular complexity index is 1290. The predicted molar refractivity (Wildman–Crippen MR) is 129 cm³/mol. The van der Waals surface area contributed by atoms with E-state index in [1.54, 1.807) is 30.3 Å². The number of aryl methyl sites for hydroxylation is 1. The van der Waals surface area contributed by atoms with Crippen LogP contribution in [-0.4, -0.2) is 35.1 Å². The van der Waals surface area contributed by atoms with E-state index in [4.69, 9.17) is 23.2 Å². The highest BCUT2D eigenvalue weighted by Crippen LogP contribution is 2.28. The number of imide groups is 1. The zero-order valence-corrected chi connectivity index (χ0v) is 19.5. The van der Waals surface area contributed by atoms with E-state index in [9.17, 15) is 19.2 Å². The molecule has 0 aromatic heterocycles. The van der Waals surface area contributed by atoms with E-state index in [0.29, 0.717) is 16.3 Å². The number of carbonyl (C=O) groups excluding carboxylic acids is 4. The summed E-state index contributed by atoms with van der Waals surface area (Å²) in [6.07, 6.45) is 0. The Hall–Kier alpha value is -3.68. The molecule has 2 N–H and O–H groups in total. The lowest BCUT2D eigenvalue weighted by Gasteiger charge is -2.22. The van der Waals surface area contributed by atoms with Gasteiger partial charge in [0.2, 0.25) is 5.91 Å². The largest absolute Gasteiger partial charge is 0.339 e. The zero-order valence-electron chi connectivity index (χ0n) is 18.0. The Balaban J connectivity index is 1.57. The summed E-state index contributed by atoms with van der Waals surface area (Å²) in [5.74, 6) is -2.39. The molecule has 3 aromatic rings. The summed E-state index contributed by atoms with van der Waals surface area (Å²) in [6.45, 7) is 1.28. The Morgan fingerprint density at radius 2 is 1.53 bits per heavy atom. The highest BCUT2D eigenvalue weighted by atomic mass is 35.5. The number of halogens is 2. The SMILES string of the molecule is Cc1ccccc1NC(=O)[C@H](NC(=O)CN1C(=O)c2ccccc2C1=O)c1ccc(Cl)cc1Cl. The monoisotopic (exact) mass is 495 g/mol. The van der Waals surface area contributed by atoms with Crippen molar-refractivity contribution >= 4 is 52.5 Å². The van der Waals surface area contributed by atoms with E-state index < -0.39 is 36.2 Å². The molecule has 1 aliphatic heterocycles. The Morgan fingerprint density at radius 1 is 0.912 bits per heavy atom. The first-order valence-electron chi connectivity index (χ1n) is 10.3. The summed E-state index contributed by atoms with van der Waals surface area (Å²) in [5, 5.41) is 5.94. The number of nitrogens with one attached hydrogen (secondary N) is 2. The van der Waals surface area contributed by atoms with Crippen LogP contribution in [0.25, 0.3) is 0 Å². The minimum Gasteiger partial charge on any atom is -0.339 e. The molecule has 9 heteroatoms. The van der Waals surface area contributed by atoms with Crippen LogP contribution in [0.15, 0.2) is 66.7 Å². The molecule has 0 aliphatic carbocycles. The summed E-state index contributed by atoms with van der Waals surface area (Å²) in [5.41, 5.74) is 2.17. The topological polar surface area (TPSA) is 95.6 Å². The van der Waals surface area contributed by atoms with Crippen LogP contribution in [-0.2, 0) is 9.59 Å². The molecular formula is C25H19Cl2N3O4. The van der Waals surface area contributed by atoms with Crippen molar-refractivity contribution < 1.29 is 19.2 Å². The summed E-state index contributed by atoms with van der Waals surface area (Å²) in [4.78, 5) is 52.2. The molecule has 1 heterocycles. The molecule has 34 heavy (non-hydrogen) atoms. The molecule has 0 bridgehead atoms. The molecule has 7 nitrogen and oxygen atoms in total. The number of benzene rings is 3. The van der Waals surface area contributed by atoms with Gasteiger partial charge in [-0.3, -0.25) is 24.1 Å². The molecule has 172 valence electrons. The summed E-state index contributed by atoms with van der Waals surface area (Å²) < 4.78 is 0. The Labute approximate surface area is 205 Å². The molecule has 1 aliphatic rings. The molecule has 4 rings (SSSR count). The number of fused-ring (bicyclic) bond motifs is 1. The van der Waals surface area contributed by atoms with Gasteiger partial charge in [0.05, 0.1) is 11.1 Å². The summed E-state index contributed by atoms with van der Waals surface area (Å²) >= 11 is 12.3. The molecule has 0 spiro atoms. The highest BCUT2D eigenvalue weighted by molar-refractivity contribution is 6.35. The molecular weight excluding hydrogens is 477 g/mol. The quantitative estimate of drug-likeness (QED) is 0.495. The maximum absolute atomic E-state index is 13.2. The van der Waals surface area contributed by atoms with E-state index >= 15 is 0 Å². The average Bonchev–Trinajstić information content (AvgIpc) is 3.04. The van der Waals surface area contributed by atoms with E-state index in [1.807, 2.05) is 19.1 Å². The fourth-order valence-corrected chi connectivity index (χ4v) is 4.19. The lowest BCUT2D eigenvalue weighted by molar-refractivity contribution is -0.126. The lowest BCUT2D eigenvalue weighted by atomic mass is 10.1. The second-order valence-corrected chi connectivity index (χ2v) is 8.56. The fourth-order valence-electron chi connectivity index (χ4n) is 3.67. The van der Waals surface area contributed by atoms with E-state index in [2.05, 4.69) is 10.6 Å². The number of rotatable bonds is 6. The summed E-state index contributed by atoms with van der Waals surface area (Å²) in [7, 11) is 0. The van der Waals surface area contributed by atoms with Gasteiger partial charge in [-0.2, -0.15) is 0 Å². The lowest BCUT2D eigenvalue weighted by Crippen LogP contribution is -2.44. The van der Waals surface area contributed by atoms with Crippen LogP contribution in [0.2, 0.25) is 10.0 Å². The maximum Gasteiger partial charge on any atom is 0.262 e. The molecule has 4 amide bonds. The first-order valence-corrected chi connectivity index (χ1v) is 11.1. The van der Waals surface area contributed by atoms with Crippen LogP contribution in [0.4, 0.5) is 5.69 Å². The minimum atomic E-state index is -1.20. The van der Waals surface area contributed by atoms with Gasteiger partial charge in [-0.05, 0) is 42.8 Å². The van der Waals surface area contributed by atoms with Crippen LogP contribution < -0.4 is 10.6 Å². The number of amides is 4. The first-order chi connectivity index (χ1) is 16.3.